The van der Waals surface area contributed by atoms with Gasteiger partial charge in [-0.2, -0.15) is 0 Å². The van der Waals surface area contributed by atoms with Gasteiger partial charge in [0, 0.05) is 14.5 Å². The van der Waals surface area contributed by atoms with E-state index in [4.69, 9.17) is 5.11 Å². The molecule has 0 atom stereocenters. The first-order valence-corrected chi connectivity index (χ1v) is 6.18. The van der Waals surface area contributed by atoms with Crippen molar-refractivity contribution >= 4 is 38.5 Å². The van der Waals surface area contributed by atoms with Crippen molar-refractivity contribution < 1.29 is 23.0 Å². The van der Waals surface area contributed by atoms with Gasteiger partial charge in [0.2, 0.25) is 5.88 Å². The zero-order valence-electron chi connectivity index (χ0n) is 7.68. The summed E-state index contributed by atoms with van der Waals surface area (Å²) in [7, 11) is 0. The molecule has 0 fully saturated rings. The molecule has 1 aromatic heterocycles. The lowest BCUT2D eigenvalue weighted by Crippen LogP contribution is -2.19. The number of nitrogens with zero attached hydrogens (tertiary/aromatic N) is 1. The molecular formula is C8H6BrF3INO2. The Morgan fingerprint density at radius 1 is 1.50 bits per heavy atom. The predicted octanol–water partition coefficient (Wildman–Crippen LogP) is 2.97. The molecule has 0 aliphatic heterocycles. The summed E-state index contributed by atoms with van der Waals surface area (Å²) in [5, 5.41) is 9.02. The number of ether oxygens (including phenoxy) is 1. The van der Waals surface area contributed by atoms with Crippen molar-refractivity contribution in [3.63, 3.8) is 0 Å². The van der Waals surface area contributed by atoms with E-state index in [2.05, 4.69) is 25.7 Å². The number of pyridine rings is 1. The summed E-state index contributed by atoms with van der Waals surface area (Å²) in [6, 6.07) is 1.50. The highest BCUT2D eigenvalue weighted by atomic mass is 127. The zero-order valence-corrected chi connectivity index (χ0v) is 11.4. The lowest BCUT2D eigenvalue weighted by molar-refractivity contribution is -0.276. The third-order valence-corrected chi connectivity index (χ3v) is 3.12. The van der Waals surface area contributed by atoms with Gasteiger partial charge in [-0.15, -0.1) is 13.2 Å². The first-order valence-electron chi connectivity index (χ1n) is 3.98. The Morgan fingerprint density at radius 3 is 2.56 bits per heavy atom. The molecule has 0 aromatic carbocycles. The van der Waals surface area contributed by atoms with Crippen LogP contribution in [0.2, 0.25) is 0 Å². The van der Waals surface area contributed by atoms with Gasteiger partial charge in [0.25, 0.3) is 0 Å². The fourth-order valence-electron chi connectivity index (χ4n) is 0.962. The van der Waals surface area contributed by atoms with Gasteiger partial charge < -0.3 is 9.84 Å². The van der Waals surface area contributed by atoms with Crippen molar-refractivity contribution in [1.82, 2.24) is 4.98 Å². The van der Waals surface area contributed by atoms with Crippen LogP contribution >= 0.6 is 38.5 Å². The molecule has 1 rings (SSSR count). The van der Waals surface area contributed by atoms with Gasteiger partial charge in [-0.1, -0.05) is 15.9 Å². The average molecular weight is 412 g/mol. The smallest absolute Gasteiger partial charge is 0.390 e. The summed E-state index contributed by atoms with van der Waals surface area (Å²) >= 11 is 4.92. The van der Waals surface area contributed by atoms with Gasteiger partial charge in [-0.05, 0) is 28.7 Å². The third kappa shape index (κ3) is 3.74. The second-order valence-corrected chi connectivity index (χ2v) is 4.44. The molecule has 0 radical (unpaired) electrons. The summed E-state index contributed by atoms with van der Waals surface area (Å²) in [5.41, 5.74) is 0.434. The second kappa shape index (κ2) is 5.50. The molecule has 1 aromatic rings. The molecule has 0 spiro atoms. The summed E-state index contributed by atoms with van der Waals surface area (Å²) in [6.45, 7) is -0.438. The van der Waals surface area contributed by atoms with E-state index in [1.807, 2.05) is 22.6 Å². The van der Waals surface area contributed by atoms with Crippen molar-refractivity contribution in [2.75, 3.05) is 0 Å². The predicted molar refractivity (Wildman–Crippen MR) is 62.2 cm³/mol. The third-order valence-electron chi connectivity index (χ3n) is 1.59. The van der Waals surface area contributed by atoms with Crippen molar-refractivity contribution in [3.05, 3.63) is 20.9 Å². The van der Waals surface area contributed by atoms with Gasteiger partial charge in [-0.3, -0.25) is 0 Å². The van der Waals surface area contributed by atoms with Crippen molar-refractivity contribution in [3.8, 4) is 5.88 Å². The molecule has 0 aliphatic rings. The standard InChI is InChI=1S/C8H6BrF3INO2/c9-2-5-6(13)1-4(3-15)14-7(5)16-8(10,11)12/h1,15H,2-3H2. The number of rotatable bonds is 3. The SMILES string of the molecule is OCc1cc(I)c(CBr)c(OC(F)(F)F)n1. The van der Waals surface area contributed by atoms with Gasteiger partial charge in [0.05, 0.1) is 12.3 Å². The lowest BCUT2D eigenvalue weighted by atomic mass is 10.2. The van der Waals surface area contributed by atoms with Crippen LogP contribution in [0.25, 0.3) is 0 Å². The van der Waals surface area contributed by atoms with E-state index in [9.17, 15) is 13.2 Å². The van der Waals surface area contributed by atoms with Crippen LogP contribution in [-0.4, -0.2) is 16.5 Å². The molecule has 16 heavy (non-hydrogen) atoms. The van der Waals surface area contributed by atoms with Gasteiger partial charge in [0.1, 0.15) is 0 Å². The van der Waals surface area contributed by atoms with Crippen LogP contribution in [0.15, 0.2) is 6.07 Å². The number of hydrogen-bond acceptors (Lipinski definition) is 3. The van der Waals surface area contributed by atoms with E-state index in [0.29, 0.717) is 9.13 Å². The molecular weight excluding hydrogens is 406 g/mol. The fourth-order valence-corrected chi connectivity index (χ4v) is 2.81. The van der Waals surface area contributed by atoms with Crippen LogP contribution in [0.3, 0.4) is 0 Å². The number of aromatic nitrogens is 1. The quantitative estimate of drug-likeness (QED) is 0.614. The van der Waals surface area contributed by atoms with E-state index < -0.39 is 18.8 Å². The van der Waals surface area contributed by atoms with Crippen LogP contribution in [0.1, 0.15) is 11.3 Å². The molecule has 1 N–H and O–H groups in total. The summed E-state index contributed by atoms with van der Waals surface area (Å²) in [4.78, 5) is 3.58. The van der Waals surface area contributed by atoms with Crippen molar-refractivity contribution in [1.29, 1.82) is 0 Å². The number of aliphatic hydroxyl groups is 1. The maximum atomic E-state index is 12.1. The number of aliphatic hydroxyl groups excluding tert-OH is 1. The fraction of sp³-hybridized carbons (Fsp3) is 0.375. The van der Waals surface area contributed by atoms with Crippen LogP contribution in [0.4, 0.5) is 13.2 Å². The minimum absolute atomic E-state index is 0.133. The normalized spacial score (nSPS) is 11.6. The Labute approximate surface area is 111 Å². The topological polar surface area (TPSA) is 42.4 Å². The minimum atomic E-state index is -4.79. The Bertz CT molecular complexity index is 386. The zero-order chi connectivity index (χ0) is 12.3. The largest absolute Gasteiger partial charge is 0.574 e. The molecule has 0 unspecified atom stereocenters. The highest BCUT2D eigenvalue weighted by Crippen LogP contribution is 2.29. The molecule has 3 nitrogen and oxygen atoms in total. The molecule has 0 amide bonds. The summed E-state index contributed by atoms with van der Waals surface area (Å²) < 4.78 is 40.6. The summed E-state index contributed by atoms with van der Waals surface area (Å²) in [5.74, 6) is -0.527. The minimum Gasteiger partial charge on any atom is -0.390 e. The Kier molecular flexibility index (Phi) is 4.80. The molecule has 0 aliphatic carbocycles. The highest BCUT2D eigenvalue weighted by molar-refractivity contribution is 14.1. The van der Waals surface area contributed by atoms with Crippen LogP contribution in [0, 0.1) is 3.57 Å². The highest BCUT2D eigenvalue weighted by Gasteiger charge is 2.33. The lowest BCUT2D eigenvalue weighted by Gasteiger charge is -2.13. The summed E-state index contributed by atoms with van der Waals surface area (Å²) in [6.07, 6.45) is -4.79. The number of alkyl halides is 4. The Balaban J connectivity index is 3.18. The second-order valence-electron chi connectivity index (χ2n) is 2.72. The van der Waals surface area contributed by atoms with Gasteiger partial charge in [0.15, 0.2) is 0 Å². The first kappa shape index (κ1) is 14.0. The number of halogens is 5. The van der Waals surface area contributed by atoms with E-state index >= 15 is 0 Å². The molecule has 0 bridgehead atoms. The van der Waals surface area contributed by atoms with Gasteiger partial charge in [-0.25, -0.2) is 4.98 Å². The van der Waals surface area contributed by atoms with Crippen LogP contribution in [0.5, 0.6) is 5.88 Å². The molecule has 1 heterocycles. The number of hydrogen-bond donors (Lipinski definition) is 1. The van der Waals surface area contributed by atoms with E-state index in [1.165, 1.54) is 6.07 Å². The average Bonchev–Trinajstić information content (AvgIpc) is 2.14. The van der Waals surface area contributed by atoms with E-state index in [-0.39, 0.29) is 11.0 Å². The molecule has 0 saturated carbocycles. The maximum absolute atomic E-state index is 12.1. The van der Waals surface area contributed by atoms with E-state index in [1.54, 1.807) is 0 Å². The van der Waals surface area contributed by atoms with Crippen molar-refractivity contribution in [2.45, 2.75) is 18.3 Å². The Morgan fingerprint density at radius 2 is 2.12 bits per heavy atom. The maximum Gasteiger partial charge on any atom is 0.574 e. The Hall–Kier alpha value is -0.0900. The van der Waals surface area contributed by atoms with Crippen molar-refractivity contribution in [2.24, 2.45) is 0 Å². The molecule has 8 heteroatoms. The molecule has 90 valence electrons. The van der Waals surface area contributed by atoms with Crippen LogP contribution in [-0.2, 0) is 11.9 Å². The van der Waals surface area contributed by atoms with E-state index in [0.717, 1.165) is 0 Å². The monoisotopic (exact) mass is 411 g/mol. The van der Waals surface area contributed by atoms with Gasteiger partial charge >= 0.3 is 6.36 Å². The first-order chi connectivity index (χ1) is 7.37. The van der Waals surface area contributed by atoms with Crippen LogP contribution < -0.4 is 4.74 Å². The molecule has 0 saturated heterocycles.